The third kappa shape index (κ3) is 2.75. The second kappa shape index (κ2) is 6.14. The lowest BCUT2D eigenvalue weighted by atomic mass is 10.3. The van der Waals surface area contributed by atoms with Crippen LogP contribution in [0.25, 0.3) is 11.5 Å². The van der Waals surface area contributed by atoms with Gasteiger partial charge in [0.15, 0.2) is 11.5 Å². The van der Waals surface area contributed by atoms with Crippen LogP contribution in [0.4, 0.5) is 0 Å². The first-order valence-corrected chi connectivity index (χ1v) is 5.91. The lowest BCUT2D eigenvalue weighted by molar-refractivity contribution is 0.184. The van der Waals surface area contributed by atoms with Crippen LogP contribution < -0.4 is 5.56 Å². The molecule has 0 aliphatic heterocycles. The van der Waals surface area contributed by atoms with Gasteiger partial charge < -0.3 is 4.74 Å². The van der Waals surface area contributed by atoms with Gasteiger partial charge in [0.25, 0.3) is 5.56 Å². The maximum absolute atomic E-state index is 12.3. The second-order valence-electron chi connectivity index (χ2n) is 4.10. The van der Waals surface area contributed by atoms with Crippen molar-refractivity contribution in [2.24, 2.45) is 0 Å². The molecule has 0 saturated carbocycles. The molecule has 0 atom stereocenters. The van der Waals surface area contributed by atoms with E-state index in [0.29, 0.717) is 18.1 Å². The molecule has 3 heterocycles. The van der Waals surface area contributed by atoms with Gasteiger partial charge in [0.2, 0.25) is 0 Å². The van der Waals surface area contributed by atoms with Crippen molar-refractivity contribution in [3.05, 3.63) is 52.8 Å². The Morgan fingerprint density at radius 1 is 1.38 bits per heavy atom. The second-order valence-corrected chi connectivity index (χ2v) is 4.10. The van der Waals surface area contributed by atoms with E-state index in [2.05, 4.69) is 20.4 Å². The number of aromatic amines is 1. The molecule has 3 rings (SSSR count). The Labute approximate surface area is 121 Å². The number of aromatic nitrogens is 6. The summed E-state index contributed by atoms with van der Waals surface area (Å²) in [5.74, 6) is 0.501. The molecule has 110 valence electrons. The van der Waals surface area contributed by atoms with Crippen molar-refractivity contribution in [2.45, 2.75) is 14.0 Å². The Morgan fingerprint density at radius 3 is 2.86 bits per heavy atom. The molecule has 3 aromatic rings. The van der Waals surface area contributed by atoms with E-state index in [1.807, 2.05) is 6.07 Å². The number of nitrogens with zero attached hydrogens (tertiary/aromatic N) is 5. The van der Waals surface area contributed by atoms with E-state index in [4.69, 9.17) is 4.74 Å². The lowest BCUT2D eigenvalue weighted by Gasteiger charge is -2.02. The Morgan fingerprint density at radius 2 is 2.24 bits per heavy atom. The van der Waals surface area contributed by atoms with Crippen molar-refractivity contribution in [2.75, 3.05) is 7.11 Å². The molecule has 0 aliphatic carbocycles. The minimum atomic E-state index is -0.248. The van der Waals surface area contributed by atoms with Gasteiger partial charge in [0.1, 0.15) is 0 Å². The highest BCUT2D eigenvalue weighted by molar-refractivity contribution is 5.30. The van der Waals surface area contributed by atoms with E-state index < -0.39 is 0 Å². The van der Waals surface area contributed by atoms with Crippen molar-refractivity contribution >= 4 is 0 Å². The lowest BCUT2D eigenvalue weighted by Crippen LogP contribution is -2.19. The van der Waals surface area contributed by atoms with Gasteiger partial charge in [-0.05, 0) is 11.6 Å². The number of hydrogen-bond acceptors (Lipinski definition) is 5. The van der Waals surface area contributed by atoms with E-state index >= 15 is 0 Å². The summed E-state index contributed by atoms with van der Waals surface area (Å²) in [7, 11) is 1.62. The van der Waals surface area contributed by atoms with Gasteiger partial charge >= 0.3 is 0 Å². The molecular weight excluding hydrogens is 272 g/mol. The zero-order valence-corrected chi connectivity index (χ0v) is 10.7. The zero-order valence-electron chi connectivity index (χ0n) is 10.7. The zero-order chi connectivity index (χ0) is 13.9. The molecule has 0 aliphatic rings. The first kappa shape index (κ1) is 14.7. The third-order valence-corrected chi connectivity index (χ3v) is 2.77. The average molecular weight is 288 g/mol. The molecule has 0 fully saturated rings. The summed E-state index contributed by atoms with van der Waals surface area (Å²) in [6, 6.07) is 3.60. The van der Waals surface area contributed by atoms with Crippen LogP contribution in [0.15, 0.2) is 41.7 Å². The normalized spacial score (nSPS) is 10.3. The number of ether oxygens (including phenoxy) is 1. The van der Waals surface area contributed by atoms with E-state index in [1.54, 1.807) is 31.8 Å². The molecule has 0 bridgehead atoms. The van der Waals surface area contributed by atoms with Crippen LogP contribution in [0.1, 0.15) is 13.0 Å². The number of methoxy groups -OCH3 is 1. The van der Waals surface area contributed by atoms with Gasteiger partial charge in [-0.3, -0.25) is 9.89 Å². The molecule has 8 heteroatoms. The molecule has 1 N–H and O–H groups in total. The van der Waals surface area contributed by atoms with E-state index in [9.17, 15) is 4.79 Å². The summed E-state index contributed by atoms with van der Waals surface area (Å²) in [6.45, 7) is 0.483. The SMILES string of the molecule is C.COCc1ccc(-n2[nH]cc(-n3ccnn3)c2=O)nc1. The van der Waals surface area contributed by atoms with E-state index in [0.717, 1.165) is 5.56 Å². The number of H-pyrrole nitrogens is 1. The highest BCUT2D eigenvalue weighted by Gasteiger charge is 2.10. The molecule has 0 radical (unpaired) electrons. The van der Waals surface area contributed by atoms with E-state index in [1.165, 1.54) is 15.6 Å². The summed E-state index contributed by atoms with van der Waals surface area (Å²) in [6.07, 6.45) is 6.33. The first-order chi connectivity index (χ1) is 9.79. The summed E-state index contributed by atoms with van der Waals surface area (Å²) in [4.78, 5) is 16.5. The predicted molar refractivity (Wildman–Crippen MR) is 76.5 cm³/mol. The highest BCUT2D eigenvalue weighted by Crippen LogP contribution is 2.05. The summed E-state index contributed by atoms with van der Waals surface area (Å²) in [5.41, 5.74) is 1.07. The van der Waals surface area contributed by atoms with Gasteiger partial charge in [-0.1, -0.05) is 18.7 Å². The minimum Gasteiger partial charge on any atom is -0.380 e. The highest BCUT2D eigenvalue weighted by atomic mass is 16.5. The topological polar surface area (TPSA) is 90.6 Å². The molecule has 8 nitrogen and oxygen atoms in total. The molecule has 0 spiro atoms. The Bertz CT molecular complexity index is 742. The fraction of sp³-hybridized carbons (Fsp3) is 0.231. The molecule has 0 unspecified atom stereocenters. The van der Waals surface area contributed by atoms with Gasteiger partial charge in [-0.15, -0.1) is 5.10 Å². The monoisotopic (exact) mass is 288 g/mol. The Hall–Kier alpha value is -2.74. The van der Waals surface area contributed by atoms with Gasteiger partial charge in [-0.25, -0.2) is 9.67 Å². The van der Waals surface area contributed by atoms with Crippen LogP contribution in [0.3, 0.4) is 0 Å². The number of pyridine rings is 1. The van der Waals surface area contributed by atoms with Crippen LogP contribution in [0.2, 0.25) is 0 Å². The van der Waals surface area contributed by atoms with Crippen molar-refractivity contribution in [3.63, 3.8) is 0 Å². The predicted octanol–water partition coefficient (Wildman–Crippen LogP) is 0.924. The van der Waals surface area contributed by atoms with Crippen molar-refractivity contribution in [1.29, 1.82) is 0 Å². The number of rotatable bonds is 4. The molecule has 0 aromatic carbocycles. The minimum absolute atomic E-state index is 0. The van der Waals surface area contributed by atoms with Gasteiger partial charge in [0.05, 0.1) is 25.2 Å². The van der Waals surface area contributed by atoms with Gasteiger partial charge in [-0.2, -0.15) is 4.68 Å². The molecule has 0 saturated heterocycles. The van der Waals surface area contributed by atoms with Gasteiger partial charge in [0, 0.05) is 13.3 Å². The molecule has 0 amide bonds. The quantitative estimate of drug-likeness (QED) is 0.771. The smallest absolute Gasteiger partial charge is 0.298 e. The average Bonchev–Trinajstić information content (AvgIpc) is 3.09. The fourth-order valence-corrected chi connectivity index (χ4v) is 1.83. The van der Waals surface area contributed by atoms with Crippen LogP contribution in [-0.2, 0) is 11.3 Å². The molecule has 21 heavy (non-hydrogen) atoms. The largest absolute Gasteiger partial charge is 0.380 e. The first-order valence-electron chi connectivity index (χ1n) is 5.91. The maximum atomic E-state index is 12.3. The van der Waals surface area contributed by atoms with E-state index in [-0.39, 0.29) is 13.0 Å². The van der Waals surface area contributed by atoms with Crippen molar-refractivity contribution < 1.29 is 4.74 Å². The van der Waals surface area contributed by atoms with Crippen LogP contribution >= 0.6 is 0 Å². The Balaban J connectivity index is 0.00000161. The summed E-state index contributed by atoms with van der Waals surface area (Å²) in [5, 5.41) is 10.3. The maximum Gasteiger partial charge on any atom is 0.298 e. The summed E-state index contributed by atoms with van der Waals surface area (Å²) >= 11 is 0. The standard InChI is InChI=1S/C12H12N6O2.CH4/c1-20-8-9-2-3-11(13-6-9)18-12(19)10(7-15-18)17-5-4-14-16-17;/h2-7,15H,8H2,1H3;1H4. The Kier molecular flexibility index (Phi) is 4.29. The fourth-order valence-electron chi connectivity index (χ4n) is 1.83. The van der Waals surface area contributed by atoms with Crippen molar-refractivity contribution in [1.82, 2.24) is 29.8 Å². The number of hydrogen-bond donors (Lipinski definition) is 1. The third-order valence-electron chi connectivity index (χ3n) is 2.77. The van der Waals surface area contributed by atoms with Crippen LogP contribution in [-0.4, -0.2) is 36.9 Å². The summed E-state index contributed by atoms with van der Waals surface area (Å²) < 4.78 is 7.75. The van der Waals surface area contributed by atoms with Crippen LogP contribution in [0, 0.1) is 0 Å². The molecule has 3 aromatic heterocycles. The molecular formula is C13H16N6O2. The van der Waals surface area contributed by atoms with Crippen LogP contribution in [0.5, 0.6) is 0 Å². The van der Waals surface area contributed by atoms with Crippen molar-refractivity contribution in [3.8, 4) is 11.5 Å². The number of nitrogens with one attached hydrogen (secondary N) is 1.